The van der Waals surface area contributed by atoms with Crippen LogP contribution in [-0.2, 0) is 84.6 Å². The van der Waals surface area contributed by atoms with Gasteiger partial charge in [-0.2, -0.15) is 0 Å². The van der Waals surface area contributed by atoms with Crippen molar-refractivity contribution in [3.8, 4) is 0 Å². The molecule has 3 fully saturated rings. The number of likely N-dealkylation sites (tertiary alicyclic amines) is 2. The summed E-state index contributed by atoms with van der Waals surface area (Å²) in [6.45, 7) is 3.66. The summed E-state index contributed by atoms with van der Waals surface area (Å²) in [5.74, 6) is -12.1. The van der Waals surface area contributed by atoms with Crippen LogP contribution in [0.25, 0.3) is 10.8 Å². The molecule has 38 nitrogen and oxygen atoms in total. The Bertz CT molecular complexity index is 3880. The van der Waals surface area contributed by atoms with Gasteiger partial charge in [0.1, 0.15) is 42.3 Å². The highest BCUT2D eigenvalue weighted by molar-refractivity contribution is 5.99. The van der Waals surface area contributed by atoms with Crippen molar-refractivity contribution in [2.45, 2.75) is 159 Å². The molecule has 112 heavy (non-hydrogen) atoms. The molecule has 2 aliphatic heterocycles. The summed E-state index contributed by atoms with van der Waals surface area (Å²) in [6.07, 6.45) is 6.58. The third kappa shape index (κ3) is 29.5. The Hall–Kier alpha value is -11.3. The van der Waals surface area contributed by atoms with Crippen LogP contribution in [0.1, 0.15) is 119 Å². The van der Waals surface area contributed by atoms with Crippen molar-refractivity contribution in [1.82, 2.24) is 82.4 Å². The van der Waals surface area contributed by atoms with Gasteiger partial charge in [0.2, 0.25) is 41.7 Å². The van der Waals surface area contributed by atoms with E-state index in [4.69, 9.17) is 14.6 Å². The molecular formula is C74H102N16O22. The first-order valence-corrected chi connectivity index (χ1v) is 37.5. The lowest BCUT2D eigenvalue weighted by atomic mass is 9.81. The Morgan fingerprint density at radius 2 is 1.20 bits per heavy atom. The molecule has 15 N–H and O–H groups in total. The summed E-state index contributed by atoms with van der Waals surface area (Å²) in [5, 5.41) is 73.8. The van der Waals surface area contributed by atoms with Crippen LogP contribution in [0.15, 0.2) is 79.5 Å². The van der Waals surface area contributed by atoms with Gasteiger partial charge in [-0.3, -0.25) is 67.5 Å². The number of amides is 9. The third-order valence-corrected chi connectivity index (χ3v) is 19.5. The predicted molar refractivity (Wildman–Crippen MR) is 397 cm³/mol. The van der Waals surface area contributed by atoms with Crippen LogP contribution in [0.3, 0.4) is 0 Å². The van der Waals surface area contributed by atoms with Crippen LogP contribution in [0.4, 0.5) is 4.79 Å². The maximum Gasteiger partial charge on any atom is 0.331 e. The summed E-state index contributed by atoms with van der Waals surface area (Å²) in [7, 11) is 0. The van der Waals surface area contributed by atoms with E-state index < -0.39 is 145 Å². The van der Waals surface area contributed by atoms with E-state index in [-0.39, 0.29) is 153 Å². The molecule has 1 saturated carbocycles. The zero-order valence-electron chi connectivity index (χ0n) is 62.6. The number of carboxylic acid groups (broad SMARTS) is 5. The topological polar surface area (TPSA) is 538 Å². The predicted octanol–water partition coefficient (Wildman–Crippen LogP) is -0.823. The standard InChI is InChI=1S/C74H102N16O22/c1-45(82-65(99)51-22-25-75-26-23-51)69(103)89-29-7-12-58(89)68(102)84-57(37-53-39-78-44-81-53)70(104)90-30-8-13-59(90)73(109)112-46(2)111-64(98)21-20-55(72(107)108)86-74(110)85-54(71(105)106)11-5-6-24-79-67(101)56(36-48-16-17-49-9-3-4-10-52(49)35-48)83-66(100)50-18-14-47(15-19-50)38-80-60(91)40-76-27-31-87(42-62(94)95)33-34-88(43-63(96)97)32-28-77-41-61(92)93/h3-4,9-10,16-17,22-23,25-26,35,39,44-47,50,54-59,76-77H,5-8,11-15,18-21,24,27-34,36-38,40-43H2,1-2H3,(H,78,81)(H,79,101)(H,80,91)(H,82,99)(H,83,100)(H,84,102)(H,92,93)(H,94,95)(H,96,97)(H,105,106)(H,107,108)(H2,85,86,110)/t45-,46?,47?,50?,54+,55+,56+,57+,58+,59+/m1/s1. The normalized spacial score (nSPS) is 17.7. The number of carbonyl (C=O) groups is 15. The maximum atomic E-state index is 14.4. The van der Waals surface area contributed by atoms with Crippen LogP contribution < -0.4 is 47.9 Å². The number of imidazole rings is 1. The van der Waals surface area contributed by atoms with Crippen molar-refractivity contribution in [2.24, 2.45) is 11.8 Å². The van der Waals surface area contributed by atoms with E-state index in [1.807, 2.05) is 42.5 Å². The molecule has 2 aromatic heterocycles. The summed E-state index contributed by atoms with van der Waals surface area (Å²) < 4.78 is 10.7. The lowest BCUT2D eigenvalue weighted by Crippen LogP contribution is -2.57. The number of unbranched alkanes of at least 4 members (excludes halogenated alkanes) is 1. The molecule has 38 heteroatoms. The van der Waals surface area contributed by atoms with E-state index in [1.165, 1.54) is 60.7 Å². The number of nitrogens with zero attached hydrogens (tertiary/aromatic N) is 6. The van der Waals surface area contributed by atoms with Crippen molar-refractivity contribution in [1.29, 1.82) is 0 Å². The Morgan fingerprint density at radius 1 is 0.580 bits per heavy atom. The molecule has 9 amide bonds. The summed E-state index contributed by atoms with van der Waals surface area (Å²) >= 11 is 0. The molecule has 610 valence electrons. The minimum Gasteiger partial charge on any atom is -0.480 e. The van der Waals surface area contributed by atoms with E-state index >= 15 is 0 Å². The molecule has 4 aromatic rings. The molecule has 2 aromatic carbocycles. The lowest BCUT2D eigenvalue weighted by Gasteiger charge is -2.31. The maximum absolute atomic E-state index is 14.4. The van der Waals surface area contributed by atoms with E-state index in [9.17, 15) is 92.3 Å². The number of nitrogens with one attached hydrogen (secondary N) is 10. The SMILES string of the molecule is CC(OC(=O)CC[C@H](NC(=O)N[C@@H](CCCCNC(=O)[C@H](Cc1ccc2ccccc2c1)NC(=O)C1CCC(CNC(=O)CNCCN(CCN(CCNCC(=O)O)CC(=O)O)CC(=O)O)CC1)C(=O)O)C(=O)O)OC(=O)[C@@H]1CCCN1C(=O)[C@H](Cc1cnc[nH]1)NC(=O)[C@@H]1CCCN1C(=O)[C@@H](C)NC(=O)c1ccncc1. The van der Waals surface area contributed by atoms with Crippen LogP contribution in [-0.4, -0.2) is 289 Å². The molecule has 8 atom stereocenters. The molecule has 7 rings (SSSR count). The average Bonchev–Trinajstić information content (AvgIpc) is 1.57. The van der Waals surface area contributed by atoms with Crippen molar-refractivity contribution in [3.05, 3.63) is 96.3 Å². The Morgan fingerprint density at radius 3 is 1.82 bits per heavy atom. The zero-order chi connectivity index (χ0) is 81.2. The smallest absolute Gasteiger partial charge is 0.331 e. The number of aromatic amines is 1. The highest BCUT2D eigenvalue weighted by Gasteiger charge is 2.43. The van der Waals surface area contributed by atoms with Gasteiger partial charge in [0.25, 0.3) is 5.91 Å². The van der Waals surface area contributed by atoms with Crippen molar-refractivity contribution < 1.29 is 107 Å². The van der Waals surface area contributed by atoms with Crippen LogP contribution in [0, 0.1) is 11.8 Å². The number of H-pyrrole nitrogens is 1. The van der Waals surface area contributed by atoms with Gasteiger partial charge in [-0.05, 0) is 118 Å². The van der Waals surface area contributed by atoms with Crippen molar-refractivity contribution in [3.63, 3.8) is 0 Å². The molecule has 3 aliphatic rings. The fourth-order valence-corrected chi connectivity index (χ4v) is 13.5. The first-order valence-electron chi connectivity index (χ1n) is 37.5. The number of esters is 2. The molecule has 4 heterocycles. The quantitative estimate of drug-likeness (QED) is 0.0146. The van der Waals surface area contributed by atoms with Gasteiger partial charge in [-0.1, -0.05) is 42.5 Å². The number of aromatic nitrogens is 3. The number of fused-ring (bicyclic) bond motifs is 1. The summed E-state index contributed by atoms with van der Waals surface area (Å²) in [5.41, 5.74) is 1.52. The molecule has 0 spiro atoms. The Labute approximate surface area is 645 Å². The zero-order valence-corrected chi connectivity index (χ0v) is 62.6. The number of carbonyl (C=O) groups excluding carboxylic acids is 10. The number of pyridine rings is 1. The molecule has 0 bridgehead atoms. The van der Waals surface area contributed by atoms with Crippen molar-refractivity contribution in [2.75, 3.05) is 91.6 Å². The van der Waals surface area contributed by atoms with Crippen LogP contribution in [0.2, 0.25) is 0 Å². The number of ether oxygens (including phenoxy) is 2. The number of rotatable bonds is 47. The highest BCUT2D eigenvalue weighted by atomic mass is 16.7. The second-order valence-corrected chi connectivity index (χ2v) is 27.9. The van der Waals surface area contributed by atoms with Gasteiger partial charge in [0, 0.05) is 127 Å². The highest BCUT2D eigenvalue weighted by Crippen LogP contribution is 2.30. The number of carboxylic acids is 5. The second kappa shape index (κ2) is 45.2. The molecular weight excluding hydrogens is 1460 g/mol. The molecule has 1 unspecified atom stereocenters. The molecule has 1 aliphatic carbocycles. The van der Waals surface area contributed by atoms with E-state index in [1.54, 1.807) is 9.80 Å². The molecule has 2 saturated heterocycles. The number of hydrogen-bond acceptors (Lipinski definition) is 23. The van der Waals surface area contributed by atoms with E-state index in [2.05, 4.69) is 62.8 Å². The van der Waals surface area contributed by atoms with Gasteiger partial charge in [0.15, 0.2) is 0 Å². The summed E-state index contributed by atoms with van der Waals surface area (Å²) in [4.78, 5) is 211. The first-order chi connectivity index (χ1) is 53.6. The first kappa shape index (κ1) is 88.0. The number of benzene rings is 2. The Balaban J connectivity index is 0.817. The number of hydrogen-bond donors (Lipinski definition) is 15. The van der Waals surface area contributed by atoms with Gasteiger partial charge in [-0.25, -0.2) is 24.2 Å². The van der Waals surface area contributed by atoms with Gasteiger partial charge >= 0.3 is 47.8 Å². The third-order valence-electron chi connectivity index (χ3n) is 19.5. The minimum absolute atomic E-state index is 0.0407. The summed E-state index contributed by atoms with van der Waals surface area (Å²) in [6, 6.07) is 6.37. The van der Waals surface area contributed by atoms with Gasteiger partial charge in [0.05, 0.1) is 32.5 Å². The monoisotopic (exact) mass is 1570 g/mol. The number of urea groups is 1. The van der Waals surface area contributed by atoms with E-state index in [0.29, 0.717) is 50.8 Å². The van der Waals surface area contributed by atoms with E-state index in [0.717, 1.165) is 16.3 Å². The van der Waals surface area contributed by atoms with Crippen molar-refractivity contribution >= 4 is 99.9 Å². The van der Waals surface area contributed by atoms with Crippen LogP contribution in [0.5, 0.6) is 0 Å². The lowest BCUT2D eigenvalue weighted by molar-refractivity contribution is -0.188. The number of aliphatic carboxylic acids is 5. The van der Waals surface area contributed by atoms with Gasteiger partial charge < -0.3 is 97.6 Å². The largest absolute Gasteiger partial charge is 0.480 e. The fraction of sp³-hybridized carbons (Fsp3) is 0.554. The minimum atomic E-state index is -1.74. The van der Waals surface area contributed by atoms with Gasteiger partial charge in [-0.15, -0.1) is 0 Å². The molecule has 0 radical (unpaired) electrons. The average molecular weight is 1570 g/mol. The Kier molecular flexibility index (Phi) is 35.5. The second-order valence-electron chi connectivity index (χ2n) is 27.9. The fourth-order valence-electron chi connectivity index (χ4n) is 13.5. The van der Waals surface area contributed by atoms with Crippen LogP contribution >= 0.6 is 0 Å².